The Morgan fingerprint density at radius 3 is 1.69 bits per heavy atom. The van der Waals surface area contributed by atoms with Crippen molar-refractivity contribution in [1.29, 1.82) is 0 Å². The van der Waals surface area contributed by atoms with Gasteiger partial charge in [0.2, 0.25) is 11.8 Å². The average Bonchev–Trinajstić information content (AvgIpc) is 0.782. The van der Waals surface area contributed by atoms with Crippen LogP contribution in [0.2, 0.25) is 0 Å². The second kappa shape index (κ2) is 39.2. The predicted octanol–water partition coefficient (Wildman–Crippen LogP) is 11.7. The molecule has 23 heteroatoms. The second-order valence-corrected chi connectivity index (χ2v) is 26.8. The van der Waals surface area contributed by atoms with Crippen LogP contribution in [-0.4, -0.2) is 167 Å². The first-order chi connectivity index (χ1) is 51.4. The molecule has 1 radical (unpaired) electrons. The van der Waals surface area contributed by atoms with Gasteiger partial charge in [0.1, 0.15) is 5.78 Å². The molecule has 557 valence electrons. The molecule has 22 nitrogen and oxygen atoms in total. The van der Waals surface area contributed by atoms with Crippen LogP contribution in [-0.2, 0) is 87.1 Å². The van der Waals surface area contributed by atoms with E-state index < -0.39 is 0 Å². The van der Waals surface area contributed by atoms with E-state index >= 15 is 0 Å². The van der Waals surface area contributed by atoms with Crippen LogP contribution in [0.1, 0.15) is 85.1 Å². The zero-order valence-electron chi connectivity index (χ0n) is 63.1. The van der Waals surface area contributed by atoms with Crippen molar-refractivity contribution < 1.29 is 66.3 Å². The van der Waals surface area contributed by atoms with Crippen molar-refractivity contribution in [1.82, 2.24) is 43.5 Å². The molecule has 7 aliphatic rings. The Balaban J connectivity index is 0.000000153. The molecule has 2 aromatic heterocycles. The molecule has 7 amide bonds. The average molecular weight is 1530 g/mol. The Labute approximate surface area is 656 Å². The fraction of sp³-hybridized carbons (Fsp3) is 0.259. The van der Waals surface area contributed by atoms with Crippen LogP contribution in [0.15, 0.2) is 235 Å². The number of benzene rings is 8. The third-order valence-corrected chi connectivity index (χ3v) is 18.6. The number of nitrogens with zero attached hydrogens (tertiary/aromatic N) is 11. The minimum absolute atomic E-state index is 0. The molecule has 0 bridgehead atoms. The number of piperidine rings is 1. The van der Waals surface area contributed by atoms with Gasteiger partial charge >= 0.3 is 6.03 Å². The van der Waals surface area contributed by atoms with Crippen LogP contribution >= 0.6 is 0 Å². The van der Waals surface area contributed by atoms with Crippen molar-refractivity contribution >= 4 is 85.8 Å². The number of anilines is 4. The standard InChI is InChI=1S/C12H14N2O.C10H10NO.2C10H11NO.C10H9NO.C9H10N2O.C9H8N2O.C9H10N2O.C6H11NO.Y/c1-9(2)14-8-13(3)12(15)10-6-4-5-7-11(10)14;1-11-7-9(12)6-8-4-2-3-5-10(8)11;1-11-7-9-5-3-2-4-8(9)6-10(11)12;2*1-11-7-6-8-4-2-3-5-9(8)10(11)12;2*1-11-6-10-8-5-3-2-4-7(8)9(11)12;1-11-6-7-4-2-3-5-8(7)10-9(11)12;1-7-5-3-2-4-6(7)8;/h4-7H,1,8H2,2-3H3;2-6H,7H2,1H3;2*2-5H,6-7H2,1H3;2-7H,1H3;2-5,10H,6H2,1H3;2-6H,1H3;2-5H,6H2,1H3,(H,10,12);2-5H2,1H3;/q;-1;;;;;;;;. The molecule has 108 heavy (non-hydrogen) atoms. The summed E-state index contributed by atoms with van der Waals surface area (Å²) in [5.41, 5.74) is 13.9. The van der Waals surface area contributed by atoms with Crippen molar-refractivity contribution in [3.8, 4) is 0 Å². The number of aromatic nitrogens is 3. The van der Waals surface area contributed by atoms with Crippen LogP contribution in [0.5, 0.6) is 0 Å². The van der Waals surface area contributed by atoms with E-state index in [1.807, 2.05) is 233 Å². The SMILES string of the molecule is C=C(C)N1CN(C)C(=O)c2ccccc21.CN1CC(=O)[CH-]c2ccccc21.CN1CCCCC1=O.CN1CCc2ccccc2C1=O.CN1CNc2ccccc2C1=O.CN1Cc2ccccc2CC1=O.CN1Cc2ccccc2NC1=O.Cn1ccc2ccccc2c1=O.Cn1cnc2ccccc2c1=O.[Y]. The quantitative estimate of drug-likeness (QED) is 0.146. The third kappa shape index (κ3) is 21.6. The Bertz CT molecular complexity index is 4780. The fourth-order valence-electron chi connectivity index (χ4n) is 12.3. The van der Waals surface area contributed by atoms with Crippen molar-refractivity contribution in [2.75, 3.05) is 103 Å². The summed E-state index contributed by atoms with van der Waals surface area (Å²) in [7, 11) is 16.3. The Kier molecular flexibility index (Phi) is 29.8. The molecule has 9 heterocycles. The first kappa shape index (κ1) is 82.2. The Hall–Kier alpha value is -11.5. The topological polar surface area (TPSA) is 226 Å². The molecule has 17 rings (SSSR count). The summed E-state index contributed by atoms with van der Waals surface area (Å²) in [6.07, 6.45) is 9.59. The first-order valence-corrected chi connectivity index (χ1v) is 35.3. The maximum absolute atomic E-state index is 11.9. The summed E-state index contributed by atoms with van der Waals surface area (Å²) in [6, 6.07) is 63.7. The molecule has 1 saturated heterocycles. The zero-order valence-corrected chi connectivity index (χ0v) is 66.0. The summed E-state index contributed by atoms with van der Waals surface area (Å²) in [5, 5.41) is 8.39. The van der Waals surface area contributed by atoms with E-state index in [-0.39, 0.29) is 79.3 Å². The number of urea groups is 1. The molecule has 0 unspecified atom stereocenters. The maximum Gasteiger partial charge on any atom is 0.321 e. The third-order valence-electron chi connectivity index (χ3n) is 18.6. The Morgan fingerprint density at radius 2 is 1.00 bits per heavy atom. The number of para-hydroxylation sites is 5. The van der Waals surface area contributed by atoms with E-state index in [1.165, 1.54) is 39.6 Å². The van der Waals surface area contributed by atoms with E-state index in [1.54, 1.807) is 87.9 Å². The smallest absolute Gasteiger partial charge is 0.321 e. The minimum atomic E-state index is -0.0336. The molecule has 10 aromatic rings. The number of ketones is 1. The fourth-order valence-corrected chi connectivity index (χ4v) is 12.3. The molecule has 7 aliphatic heterocycles. The number of carbonyl (C=O) groups excluding carboxylic acids is 7. The number of fused-ring (bicyclic) bond motifs is 8. The molecule has 2 N–H and O–H groups in total. The molecule has 0 aliphatic carbocycles. The summed E-state index contributed by atoms with van der Waals surface area (Å²) >= 11 is 0. The van der Waals surface area contributed by atoms with Crippen molar-refractivity contribution in [3.63, 3.8) is 0 Å². The van der Waals surface area contributed by atoms with Crippen molar-refractivity contribution in [2.24, 2.45) is 14.1 Å². The summed E-state index contributed by atoms with van der Waals surface area (Å²) in [4.78, 5) is 121. The molecular weight excluding hydrogens is 1440 g/mol. The molecule has 8 aromatic carbocycles. The van der Waals surface area contributed by atoms with E-state index in [0.717, 1.165) is 106 Å². The van der Waals surface area contributed by atoms with Crippen LogP contribution in [0.4, 0.5) is 27.5 Å². The monoisotopic (exact) mass is 1530 g/mol. The molecule has 0 spiro atoms. The second-order valence-electron chi connectivity index (χ2n) is 26.8. The number of rotatable bonds is 1. The summed E-state index contributed by atoms with van der Waals surface area (Å²) in [5.74, 6) is 1.01. The van der Waals surface area contributed by atoms with Gasteiger partial charge in [0.25, 0.3) is 28.8 Å². The number of nitrogens with one attached hydrogen (secondary N) is 2. The van der Waals surface area contributed by atoms with Gasteiger partial charge in [-0.2, -0.15) is 11.6 Å². The number of amides is 7. The molecule has 0 atom stereocenters. The van der Waals surface area contributed by atoms with Gasteiger partial charge in [-0.05, 0) is 122 Å². The number of allylic oxidation sites excluding steroid dienone is 1. The molecule has 1 fully saturated rings. The van der Waals surface area contributed by atoms with Gasteiger partial charge in [0.05, 0.1) is 60.3 Å². The Morgan fingerprint density at radius 1 is 0.444 bits per heavy atom. The number of likely N-dealkylation sites (N-methyl/N-ethyl adjacent to an activating group) is 3. The van der Waals surface area contributed by atoms with Crippen molar-refractivity contribution in [3.05, 3.63) is 297 Å². The van der Waals surface area contributed by atoms with Gasteiger partial charge in [-0.15, -0.1) is 12.5 Å². The largest absolute Gasteiger partial charge is 0.420 e. The maximum atomic E-state index is 11.9. The van der Waals surface area contributed by atoms with Crippen molar-refractivity contribution in [2.45, 2.75) is 52.1 Å². The zero-order chi connectivity index (χ0) is 76.8. The summed E-state index contributed by atoms with van der Waals surface area (Å²) < 4.78 is 3.06. The van der Waals surface area contributed by atoms with E-state index in [0.29, 0.717) is 44.1 Å². The van der Waals surface area contributed by atoms with Crippen LogP contribution in [0, 0.1) is 6.42 Å². The van der Waals surface area contributed by atoms with Crippen LogP contribution < -0.4 is 31.6 Å². The summed E-state index contributed by atoms with van der Waals surface area (Å²) in [6.45, 7) is 10.8. The minimum Gasteiger partial charge on any atom is -0.420 e. The number of pyridine rings is 1. The predicted molar refractivity (Wildman–Crippen MR) is 424 cm³/mol. The molecular formula is C85H94N13O9Y-. The van der Waals surface area contributed by atoms with Crippen LogP contribution in [0.3, 0.4) is 0 Å². The number of hydrogen-bond donors (Lipinski definition) is 2. The van der Waals surface area contributed by atoms with Gasteiger partial charge < -0.3 is 63.8 Å². The van der Waals surface area contributed by atoms with Gasteiger partial charge in [0, 0.05) is 156 Å². The van der Waals surface area contributed by atoms with E-state index in [9.17, 15) is 43.2 Å². The number of likely N-dealkylation sites (tertiary alicyclic amines) is 1. The van der Waals surface area contributed by atoms with Crippen LogP contribution in [0.25, 0.3) is 21.7 Å². The van der Waals surface area contributed by atoms with Gasteiger partial charge in [-0.25, -0.2) is 9.78 Å². The molecule has 0 saturated carbocycles. The van der Waals surface area contributed by atoms with Gasteiger partial charge in [-0.3, -0.25) is 33.6 Å². The van der Waals surface area contributed by atoms with Gasteiger partial charge in [0.15, 0.2) is 0 Å². The number of hydrogen-bond acceptors (Lipinski definition) is 13. The first-order valence-electron chi connectivity index (χ1n) is 35.3. The van der Waals surface area contributed by atoms with E-state index in [4.69, 9.17) is 0 Å². The number of carbonyl (C=O) groups is 7. The number of aryl methyl sites for hydroxylation is 2. The van der Waals surface area contributed by atoms with E-state index in [2.05, 4.69) is 28.3 Å². The number of Topliss-reactive ketones (excluding diaryl/α,β-unsaturated/α-hetero) is 1. The van der Waals surface area contributed by atoms with Gasteiger partial charge in [-0.1, -0.05) is 140 Å². The normalized spacial score (nSPS) is 14.7.